The molecule has 0 atom stereocenters. The van der Waals surface area contributed by atoms with Gasteiger partial charge in [0.05, 0.1) is 13.2 Å². The summed E-state index contributed by atoms with van der Waals surface area (Å²) in [4.78, 5) is 0. The SMILES string of the molecule is CCCNCCOCc1cccc(F)c1. The topological polar surface area (TPSA) is 21.3 Å². The minimum atomic E-state index is -0.208. The Morgan fingerprint density at radius 1 is 1.33 bits per heavy atom. The molecule has 0 amide bonds. The lowest BCUT2D eigenvalue weighted by molar-refractivity contribution is 0.122. The average molecular weight is 211 g/mol. The second kappa shape index (κ2) is 7.37. The Morgan fingerprint density at radius 2 is 2.20 bits per heavy atom. The summed E-state index contributed by atoms with van der Waals surface area (Å²) in [5, 5.41) is 3.23. The van der Waals surface area contributed by atoms with Crippen molar-refractivity contribution in [2.75, 3.05) is 19.7 Å². The Hall–Kier alpha value is -0.930. The highest BCUT2D eigenvalue weighted by Crippen LogP contribution is 2.04. The first-order valence-corrected chi connectivity index (χ1v) is 5.36. The van der Waals surface area contributed by atoms with E-state index < -0.39 is 0 Å². The minimum absolute atomic E-state index is 0.208. The van der Waals surface area contributed by atoms with E-state index in [1.54, 1.807) is 6.07 Å². The van der Waals surface area contributed by atoms with Crippen molar-refractivity contribution in [2.24, 2.45) is 0 Å². The molecule has 0 spiro atoms. The Morgan fingerprint density at radius 3 is 2.93 bits per heavy atom. The van der Waals surface area contributed by atoms with Crippen LogP contribution in [0.5, 0.6) is 0 Å². The first-order valence-electron chi connectivity index (χ1n) is 5.36. The van der Waals surface area contributed by atoms with Gasteiger partial charge in [0, 0.05) is 6.54 Å². The monoisotopic (exact) mass is 211 g/mol. The van der Waals surface area contributed by atoms with Gasteiger partial charge >= 0.3 is 0 Å². The highest BCUT2D eigenvalue weighted by atomic mass is 19.1. The van der Waals surface area contributed by atoms with E-state index in [1.807, 2.05) is 6.07 Å². The van der Waals surface area contributed by atoms with Crippen LogP contribution in [0.15, 0.2) is 24.3 Å². The summed E-state index contributed by atoms with van der Waals surface area (Å²) in [6, 6.07) is 6.50. The zero-order valence-corrected chi connectivity index (χ0v) is 9.13. The quantitative estimate of drug-likeness (QED) is 0.699. The van der Waals surface area contributed by atoms with Crippen LogP contribution in [-0.4, -0.2) is 19.7 Å². The molecule has 0 bridgehead atoms. The van der Waals surface area contributed by atoms with Crippen LogP contribution < -0.4 is 5.32 Å². The van der Waals surface area contributed by atoms with Gasteiger partial charge in [0.25, 0.3) is 0 Å². The number of benzene rings is 1. The Bertz CT molecular complexity index is 278. The van der Waals surface area contributed by atoms with E-state index in [9.17, 15) is 4.39 Å². The second-order valence-electron chi connectivity index (χ2n) is 3.43. The molecule has 15 heavy (non-hydrogen) atoms. The molecule has 84 valence electrons. The molecule has 0 aliphatic heterocycles. The zero-order chi connectivity index (χ0) is 10.9. The third kappa shape index (κ3) is 5.50. The molecule has 1 aromatic rings. The third-order valence-corrected chi connectivity index (χ3v) is 2.01. The molecule has 0 heterocycles. The molecule has 0 radical (unpaired) electrons. The maximum Gasteiger partial charge on any atom is 0.123 e. The van der Waals surface area contributed by atoms with Gasteiger partial charge in [0.1, 0.15) is 5.82 Å². The summed E-state index contributed by atoms with van der Waals surface area (Å²) in [6.45, 7) is 5.13. The molecule has 1 N–H and O–H groups in total. The number of ether oxygens (including phenoxy) is 1. The number of halogens is 1. The van der Waals surface area contributed by atoms with Crippen LogP contribution >= 0.6 is 0 Å². The fourth-order valence-corrected chi connectivity index (χ4v) is 1.26. The number of hydrogen-bond acceptors (Lipinski definition) is 2. The average Bonchev–Trinajstić information content (AvgIpc) is 2.23. The van der Waals surface area contributed by atoms with Crippen LogP contribution in [0.4, 0.5) is 4.39 Å². The number of hydrogen-bond donors (Lipinski definition) is 1. The summed E-state index contributed by atoms with van der Waals surface area (Å²) in [6.07, 6.45) is 1.13. The maximum atomic E-state index is 12.8. The van der Waals surface area contributed by atoms with Crippen molar-refractivity contribution in [2.45, 2.75) is 20.0 Å². The number of rotatable bonds is 7. The Balaban J connectivity index is 2.10. The molecule has 0 unspecified atom stereocenters. The zero-order valence-electron chi connectivity index (χ0n) is 9.13. The van der Waals surface area contributed by atoms with Crippen molar-refractivity contribution in [3.8, 4) is 0 Å². The summed E-state index contributed by atoms with van der Waals surface area (Å²) in [7, 11) is 0. The van der Waals surface area contributed by atoms with Crippen molar-refractivity contribution in [1.29, 1.82) is 0 Å². The number of nitrogens with one attached hydrogen (secondary N) is 1. The van der Waals surface area contributed by atoms with Crippen LogP contribution in [0.25, 0.3) is 0 Å². The van der Waals surface area contributed by atoms with Gasteiger partial charge in [0.15, 0.2) is 0 Å². The third-order valence-electron chi connectivity index (χ3n) is 2.01. The molecule has 0 saturated carbocycles. The van der Waals surface area contributed by atoms with Crippen molar-refractivity contribution in [3.05, 3.63) is 35.6 Å². The first kappa shape index (κ1) is 12.1. The van der Waals surface area contributed by atoms with Gasteiger partial charge in [0.2, 0.25) is 0 Å². The summed E-state index contributed by atoms with van der Waals surface area (Å²) >= 11 is 0. The Labute approximate surface area is 90.4 Å². The van der Waals surface area contributed by atoms with Crippen LogP contribution in [0.3, 0.4) is 0 Å². The smallest absolute Gasteiger partial charge is 0.123 e. The van der Waals surface area contributed by atoms with E-state index >= 15 is 0 Å². The van der Waals surface area contributed by atoms with E-state index in [2.05, 4.69) is 12.2 Å². The lowest BCUT2D eigenvalue weighted by Gasteiger charge is -2.05. The van der Waals surface area contributed by atoms with Gasteiger partial charge in [-0.25, -0.2) is 4.39 Å². The largest absolute Gasteiger partial charge is 0.375 e. The molecule has 0 aromatic heterocycles. The summed E-state index contributed by atoms with van der Waals surface area (Å²) in [5.41, 5.74) is 0.880. The predicted octanol–water partition coefficient (Wildman–Crippen LogP) is 2.34. The van der Waals surface area contributed by atoms with Crippen molar-refractivity contribution in [1.82, 2.24) is 5.32 Å². The van der Waals surface area contributed by atoms with E-state index in [4.69, 9.17) is 4.74 Å². The van der Waals surface area contributed by atoms with E-state index in [0.717, 1.165) is 25.1 Å². The molecular weight excluding hydrogens is 193 g/mol. The fourth-order valence-electron chi connectivity index (χ4n) is 1.26. The highest BCUT2D eigenvalue weighted by molar-refractivity contribution is 5.15. The summed E-state index contributed by atoms with van der Waals surface area (Å²) < 4.78 is 18.2. The predicted molar refractivity (Wildman–Crippen MR) is 59.2 cm³/mol. The molecular formula is C12H18FNO. The van der Waals surface area contributed by atoms with Gasteiger partial charge in [-0.2, -0.15) is 0 Å². The first-order chi connectivity index (χ1) is 7.33. The molecule has 2 nitrogen and oxygen atoms in total. The van der Waals surface area contributed by atoms with Gasteiger partial charge in [-0.3, -0.25) is 0 Å². The molecule has 0 aliphatic carbocycles. The molecule has 0 aliphatic rings. The standard InChI is InChI=1S/C12H18FNO/c1-2-6-14-7-8-15-10-11-4-3-5-12(13)9-11/h3-5,9,14H,2,6-8,10H2,1H3. The Kier molecular flexibility index (Phi) is 5.97. The fraction of sp³-hybridized carbons (Fsp3) is 0.500. The summed E-state index contributed by atoms with van der Waals surface area (Å²) in [5.74, 6) is -0.208. The maximum absolute atomic E-state index is 12.8. The lowest BCUT2D eigenvalue weighted by atomic mass is 10.2. The van der Waals surface area contributed by atoms with Gasteiger partial charge < -0.3 is 10.1 Å². The second-order valence-corrected chi connectivity index (χ2v) is 3.43. The van der Waals surface area contributed by atoms with Gasteiger partial charge in [-0.15, -0.1) is 0 Å². The normalized spacial score (nSPS) is 10.5. The van der Waals surface area contributed by atoms with Crippen molar-refractivity contribution in [3.63, 3.8) is 0 Å². The van der Waals surface area contributed by atoms with E-state index in [1.165, 1.54) is 12.1 Å². The minimum Gasteiger partial charge on any atom is -0.375 e. The van der Waals surface area contributed by atoms with Crippen molar-refractivity contribution >= 4 is 0 Å². The molecule has 0 saturated heterocycles. The van der Waals surface area contributed by atoms with Crippen LogP contribution in [0.2, 0.25) is 0 Å². The van der Waals surface area contributed by atoms with Gasteiger partial charge in [-0.1, -0.05) is 19.1 Å². The molecule has 3 heteroatoms. The molecule has 1 aromatic carbocycles. The van der Waals surface area contributed by atoms with Gasteiger partial charge in [-0.05, 0) is 30.7 Å². The van der Waals surface area contributed by atoms with Crippen LogP contribution in [0, 0.1) is 5.82 Å². The van der Waals surface area contributed by atoms with Crippen LogP contribution in [-0.2, 0) is 11.3 Å². The molecule has 0 fully saturated rings. The van der Waals surface area contributed by atoms with E-state index in [0.29, 0.717) is 13.2 Å². The molecule has 1 rings (SSSR count). The van der Waals surface area contributed by atoms with Crippen molar-refractivity contribution < 1.29 is 9.13 Å². The van der Waals surface area contributed by atoms with E-state index in [-0.39, 0.29) is 5.82 Å². The van der Waals surface area contributed by atoms with Crippen LogP contribution in [0.1, 0.15) is 18.9 Å². The highest BCUT2D eigenvalue weighted by Gasteiger charge is 1.95. The lowest BCUT2D eigenvalue weighted by Crippen LogP contribution is -2.20.